The highest BCUT2D eigenvalue weighted by Gasteiger charge is 2.29. The van der Waals surface area contributed by atoms with E-state index in [1.807, 2.05) is 24.3 Å². The Morgan fingerprint density at radius 3 is 2.94 bits per heavy atom. The molecule has 1 aromatic heterocycles. The highest BCUT2D eigenvalue weighted by molar-refractivity contribution is 6.21. The number of furan rings is 1. The monoisotopic (exact) mass is 263 g/mol. The van der Waals surface area contributed by atoms with Crippen molar-refractivity contribution in [3.63, 3.8) is 0 Å². The van der Waals surface area contributed by atoms with Gasteiger partial charge in [0.2, 0.25) is 0 Å². The van der Waals surface area contributed by atoms with E-state index in [1.165, 1.54) is 12.8 Å². The lowest BCUT2D eigenvalue weighted by atomic mass is 10.2. The Bertz CT molecular complexity index is 541. The maximum atomic E-state index is 11.9. The molecule has 94 valence electrons. The van der Waals surface area contributed by atoms with Crippen LogP contribution in [0.25, 0.3) is 11.0 Å². The zero-order chi connectivity index (χ0) is 12.5. The van der Waals surface area contributed by atoms with Crippen LogP contribution in [0.2, 0.25) is 0 Å². The molecule has 18 heavy (non-hydrogen) atoms. The van der Waals surface area contributed by atoms with Crippen molar-refractivity contribution in [3.8, 4) is 0 Å². The maximum Gasteiger partial charge on any atom is 0.287 e. The fourth-order valence-electron chi connectivity index (χ4n) is 2.00. The summed E-state index contributed by atoms with van der Waals surface area (Å²) in [5.41, 5.74) is 0.729. The Labute approximate surface area is 110 Å². The van der Waals surface area contributed by atoms with E-state index in [0.29, 0.717) is 18.2 Å². The van der Waals surface area contributed by atoms with Gasteiger partial charge in [-0.05, 0) is 30.9 Å². The fraction of sp³-hybridized carbons (Fsp3) is 0.357. The largest absolute Gasteiger partial charge is 0.451 e. The molecule has 2 aromatic rings. The molecule has 1 saturated carbocycles. The zero-order valence-electron chi connectivity index (χ0n) is 9.86. The van der Waals surface area contributed by atoms with Crippen LogP contribution < -0.4 is 5.32 Å². The van der Waals surface area contributed by atoms with Gasteiger partial charge in [0.15, 0.2) is 5.76 Å². The molecule has 4 heteroatoms. The summed E-state index contributed by atoms with van der Waals surface area (Å²) in [5, 5.41) is 3.79. The van der Waals surface area contributed by atoms with Crippen LogP contribution in [0.1, 0.15) is 23.4 Å². The number of rotatable bonds is 4. The number of benzene rings is 1. The lowest BCUT2D eigenvalue weighted by Crippen LogP contribution is -2.30. The number of hydrogen-bond donors (Lipinski definition) is 1. The topological polar surface area (TPSA) is 42.2 Å². The van der Waals surface area contributed by atoms with E-state index in [9.17, 15) is 4.79 Å². The second-order valence-electron chi connectivity index (χ2n) is 4.71. The van der Waals surface area contributed by atoms with E-state index in [0.717, 1.165) is 11.0 Å². The van der Waals surface area contributed by atoms with Gasteiger partial charge < -0.3 is 9.73 Å². The standard InChI is InChI=1S/C14H14ClNO2/c15-11(9-5-6-9)8-16-14(17)13-7-10-3-1-2-4-12(10)18-13/h1-4,7,9,11H,5-6,8H2,(H,16,17). The molecule has 1 unspecified atom stereocenters. The maximum absolute atomic E-state index is 11.9. The number of carbonyl (C=O) groups excluding carboxylic acids is 1. The minimum atomic E-state index is -0.197. The molecule has 1 atom stereocenters. The smallest absolute Gasteiger partial charge is 0.287 e. The Morgan fingerprint density at radius 1 is 1.44 bits per heavy atom. The Kier molecular flexibility index (Phi) is 3.00. The number of nitrogens with one attached hydrogen (secondary N) is 1. The van der Waals surface area contributed by atoms with Crippen LogP contribution in [0.4, 0.5) is 0 Å². The highest BCUT2D eigenvalue weighted by Crippen LogP contribution is 2.35. The van der Waals surface area contributed by atoms with Crippen molar-refractivity contribution >= 4 is 28.5 Å². The number of carbonyl (C=O) groups is 1. The van der Waals surface area contributed by atoms with Crippen LogP contribution in [0.3, 0.4) is 0 Å². The quantitative estimate of drug-likeness (QED) is 0.861. The third-order valence-electron chi connectivity index (χ3n) is 3.24. The molecule has 0 radical (unpaired) electrons. The second-order valence-corrected chi connectivity index (χ2v) is 5.27. The minimum Gasteiger partial charge on any atom is -0.451 e. The Hall–Kier alpha value is -1.48. The Morgan fingerprint density at radius 2 is 2.22 bits per heavy atom. The van der Waals surface area contributed by atoms with Crippen molar-refractivity contribution in [1.29, 1.82) is 0 Å². The first-order valence-electron chi connectivity index (χ1n) is 6.15. The molecule has 1 aliphatic rings. The van der Waals surface area contributed by atoms with Gasteiger partial charge in [-0.2, -0.15) is 0 Å². The van der Waals surface area contributed by atoms with E-state index in [2.05, 4.69) is 5.32 Å². The predicted octanol–water partition coefficient (Wildman–Crippen LogP) is 3.18. The predicted molar refractivity (Wildman–Crippen MR) is 70.9 cm³/mol. The molecular weight excluding hydrogens is 250 g/mol. The van der Waals surface area contributed by atoms with Gasteiger partial charge in [0.1, 0.15) is 5.58 Å². The molecule has 3 rings (SSSR count). The fourth-order valence-corrected chi connectivity index (χ4v) is 2.32. The van der Waals surface area contributed by atoms with Gasteiger partial charge in [-0.1, -0.05) is 18.2 Å². The normalized spacial score (nSPS) is 16.7. The SMILES string of the molecule is O=C(NCC(Cl)C1CC1)c1cc2ccccc2o1. The average molecular weight is 264 g/mol. The summed E-state index contributed by atoms with van der Waals surface area (Å²) in [6.07, 6.45) is 2.35. The summed E-state index contributed by atoms with van der Waals surface area (Å²) in [6, 6.07) is 9.33. The molecule has 1 N–H and O–H groups in total. The van der Waals surface area contributed by atoms with Crippen molar-refractivity contribution in [3.05, 3.63) is 36.1 Å². The van der Waals surface area contributed by atoms with Gasteiger partial charge in [-0.15, -0.1) is 11.6 Å². The first-order chi connectivity index (χ1) is 8.74. The van der Waals surface area contributed by atoms with E-state index in [-0.39, 0.29) is 11.3 Å². The minimum absolute atomic E-state index is 0.0401. The van der Waals surface area contributed by atoms with E-state index in [4.69, 9.17) is 16.0 Å². The van der Waals surface area contributed by atoms with Crippen LogP contribution in [-0.4, -0.2) is 17.8 Å². The number of alkyl halides is 1. The van der Waals surface area contributed by atoms with Crippen molar-refractivity contribution in [2.75, 3.05) is 6.54 Å². The third kappa shape index (κ3) is 2.36. The molecule has 1 aliphatic carbocycles. The molecule has 3 nitrogen and oxygen atoms in total. The summed E-state index contributed by atoms with van der Waals surface area (Å²) in [4.78, 5) is 11.9. The molecule has 1 aromatic carbocycles. The van der Waals surface area contributed by atoms with E-state index in [1.54, 1.807) is 6.07 Å². The van der Waals surface area contributed by atoms with Crippen LogP contribution in [0.15, 0.2) is 34.7 Å². The number of amides is 1. The molecule has 1 fully saturated rings. The number of hydrogen-bond acceptors (Lipinski definition) is 2. The van der Waals surface area contributed by atoms with Gasteiger partial charge in [0, 0.05) is 11.9 Å². The van der Waals surface area contributed by atoms with Crippen molar-refractivity contribution in [2.45, 2.75) is 18.2 Å². The first-order valence-corrected chi connectivity index (χ1v) is 6.58. The molecule has 0 aliphatic heterocycles. The van der Waals surface area contributed by atoms with Gasteiger partial charge in [-0.3, -0.25) is 4.79 Å². The van der Waals surface area contributed by atoms with Crippen molar-refractivity contribution in [2.24, 2.45) is 5.92 Å². The van der Waals surface area contributed by atoms with Crippen LogP contribution >= 0.6 is 11.6 Å². The van der Waals surface area contributed by atoms with Crippen molar-refractivity contribution < 1.29 is 9.21 Å². The molecule has 1 heterocycles. The lowest BCUT2D eigenvalue weighted by Gasteiger charge is -2.07. The van der Waals surface area contributed by atoms with Gasteiger partial charge in [0.05, 0.1) is 5.38 Å². The molecule has 1 amide bonds. The van der Waals surface area contributed by atoms with Crippen LogP contribution in [-0.2, 0) is 0 Å². The van der Waals surface area contributed by atoms with Crippen LogP contribution in [0, 0.1) is 5.92 Å². The number of para-hydroxylation sites is 1. The Balaban J connectivity index is 1.67. The van der Waals surface area contributed by atoms with E-state index >= 15 is 0 Å². The van der Waals surface area contributed by atoms with Crippen molar-refractivity contribution in [1.82, 2.24) is 5.32 Å². The summed E-state index contributed by atoms with van der Waals surface area (Å²) in [7, 11) is 0. The number of halogens is 1. The molecule has 0 bridgehead atoms. The average Bonchev–Trinajstić information content (AvgIpc) is 3.14. The summed E-state index contributed by atoms with van der Waals surface area (Å²) in [5.74, 6) is 0.719. The van der Waals surface area contributed by atoms with Gasteiger partial charge >= 0.3 is 0 Å². The van der Waals surface area contributed by atoms with Crippen LogP contribution in [0.5, 0.6) is 0 Å². The highest BCUT2D eigenvalue weighted by atomic mass is 35.5. The lowest BCUT2D eigenvalue weighted by molar-refractivity contribution is 0.0927. The second kappa shape index (κ2) is 4.65. The zero-order valence-corrected chi connectivity index (χ0v) is 10.6. The van der Waals surface area contributed by atoms with Gasteiger partial charge in [0.25, 0.3) is 5.91 Å². The van der Waals surface area contributed by atoms with E-state index < -0.39 is 0 Å². The first kappa shape index (κ1) is 11.6. The molecular formula is C14H14ClNO2. The molecule has 0 spiro atoms. The summed E-state index contributed by atoms with van der Waals surface area (Å²) in [6.45, 7) is 0.502. The third-order valence-corrected chi connectivity index (χ3v) is 3.75. The molecule has 0 saturated heterocycles. The number of fused-ring (bicyclic) bond motifs is 1. The summed E-state index contributed by atoms with van der Waals surface area (Å²) >= 11 is 6.14. The van der Waals surface area contributed by atoms with Gasteiger partial charge in [-0.25, -0.2) is 0 Å². The summed E-state index contributed by atoms with van der Waals surface area (Å²) < 4.78 is 5.48.